The minimum atomic E-state index is -0.517. The highest BCUT2D eigenvalue weighted by Gasteiger charge is 2.15. The fourth-order valence-corrected chi connectivity index (χ4v) is 2.44. The van der Waals surface area contributed by atoms with E-state index in [0.29, 0.717) is 22.6 Å². The Hall–Kier alpha value is -3.93. The monoisotopic (exact) mass is 374 g/mol. The molecule has 28 heavy (non-hydrogen) atoms. The Morgan fingerprint density at radius 1 is 0.857 bits per heavy atom. The van der Waals surface area contributed by atoms with Crippen LogP contribution in [0, 0.1) is 0 Å². The van der Waals surface area contributed by atoms with Gasteiger partial charge in [-0.05, 0) is 55.5 Å². The molecule has 140 valence electrons. The normalized spacial score (nSPS) is 11.0. The van der Waals surface area contributed by atoms with Crippen molar-refractivity contribution in [3.05, 3.63) is 95.6 Å². The van der Waals surface area contributed by atoms with E-state index in [2.05, 4.69) is 10.6 Å². The van der Waals surface area contributed by atoms with E-state index in [4.69, 9.17) is 4.42 Å². The molecule has 6 heteroatoms. The van der Waals surface area contributed by atoms with Crippen LogP contribution in [0.3, 0.4) is 0 Å². The van der Waals surface area contributed by atoms with Gasteiger partial charge in [-0.25, -0.2) is 0 Å². The number of hydrogen-bond donors (Lipinski definition) is 2. The number of rotatable bonds is 6. The number of carbonyl (C=O) groups excluding carboxylic acids is 3. The molecule has 2 N–H and O–H groups in total. The highest BCUT2D eigenvalue weighted by atomic mass is 16.3. The van der Waals surface area contributed by atoms with E-state index in [1.165, 1.54) is 19.3 Å². The first-order chi connectivity index (χ1) is 13.5. The molecule has 6 nitrogen and oxygen atoms in total. The molecule has 0 aliphatic rings. The van der Waals surface area contributed by atoms with Crippen molar-refractivity contribution in [3.63, 3.8) is 0 Å². The number of amides is 2. The first kappa shape index (κ1) is 18.8. The maximum Gasteiger partial charge on any atom is 0.272 e. The zero-order chi connectivity index (χ0) is 19.9. The largest absolute Gasteiger partial charge is 0.465 e. The van der Waals surface area contributed by atoms with Crippen LogP contribution in [0.4, 0.5) is 5.69 Å². The molecular weight excluding hydrogens is 356 g/mol. The van der Waals surface area contributed by atoms with E-state index < -0.39 is 11.8 Å². The Morgan fingerprint density at radius 2 is 1.57 bits per heavy atom. The summed E-state index contributed by atoms with van der Waals surface area (Å²) in [5.41, 5.74) is 1.49. The second-order valence-electron chi connectivity index (χ2n) is 5.98. The highest BCUT2D eigenvalue weighted by molar-refractivity contribution is 6.10. The minimum Gasteiger partial charge on any atom is -0.465 e. The number of Topliss-reactive ketones (excluding diaryl/α,β-unsaturated/α-hetero) is 1. The molecule has 2 aromatic carbocycles. The van der Waals surface area contributed by atoms with Gasteiger partial charge in [0.05, 0.1) is 6.26 Å². The van der Waals surface area contributed by atoms with Gasteiger partial charge < -0.3 is 15.1 Å². The van der Waals surface area contributed by atoms with Crippen LogP contribution in [0.15, 0.2) is 83.1 Å². The summed E-state index contributed by atoms with van der Waals surface area (Å²) < 4.78 is 5.25. The molecule has 0 spiro atoms. The van der Waals surface area contributed by atoms with E-state index in [0.717, 1.165) is 0 Å². The Morgan fingerprint density at radius 3 is 2.18 bits per heavy atom. The summed E-state index contributed by atoms with van der Waals surface area (Å²) in [7, 11) is 0. The first-order valence-corrected chi connectivity index (χ1v) is 8.57. The fourth-order valence-electron chi connectivity index (χ4n) is 2.44. The molecule has 0 atom stereocenters. The maximum atomic E-state index is 12.7. The second kappa shape index (κ2) is 8.64. The van der Waals surface area contributed by atoms with Crippen molar-refractivity contribution in [3.8, 4) is 0 Å². The van der Waals surface area contributed by atoms with Crippen molar-refractivity contribution >= 4 is 29.4 Å². The van der Waals surface area contributed by atoms with Crippen LogP contribution in [-0.2, 0) is 4.79 Å². The lowest BCUT2D eigenvalue weighted by Gasteiger charge is -2.11. The third-order valence-electron chi connectivity index (χ3n) is 3.91. The summed E-state index contributed by atoms with van der Waals surface area (Å²) in [6.45, 7) is 1.47. The molecule has 0 fully saturated rings. The number of carbonyl (C=O) groups is 3. The lowest BCUT2D eigenvalue weighted by atomic mass is 10.1. The van der Waals surface area contributed by atoms with E-state index in [1.807, 2.05) is 0 Å². The van der Waals surface area contributed by atoms with Gasteiger partial charge in [0.2, 0.25) is 0 Å². The van der Waals surface area contributed by atoms with Gasteiger partial charge in [-0.1, -0.05) is 18.2 Å². The number of ketones is 1. The van der Waals surface area contributed by atoms with Crippen molar-refractivity contribution < 1.29 is 18.8 Å². The van der Waals surface area contributed by atoms with Crippen molar-refractivity contribution in [2.75, 3.05) is 5.32 Å². The zero-order valence-corrected chi connectivity index (χ0v) is 15.1. The van der Waals surface area contributed by atoms with Crippen molar-refractivity contribution in [1.82, 2.24) is 5.32 Å². The lowest BCUT2D eigenvalue weighted by Crippen LogP contribution is -2.30. The molecule has 0 radical (unpaired) electrons. The first-order valence-electron chi connectivity index (χ1n) is 8.57. The van der Waals surface area contributed by atoms with E-state index in [9.17, 15) is 14.4 Å². The van der Waals surface area contributed by atoms with E-state index in [-0.39, 0.29) is 11.5 Å². The third kappa shape index (κ3) is 4.82. The van der Waals surface area contributed by atoms with Gasteiger partial charge in [-0.15, -0.1) is 0 Å². The molecule has 0 saturated carbocycles. The van der Waals surface area contributed by atoms with Gasteiger partial charge in [0.25, 0.3) is 11.8 Å². The fraction of sp³-hybridized carbons (Fsp3) is 0.0455. The quantitative estimate of drug-likeness (QED) is 0.506. The number of furan rings is 1. The molecule has 2 amide bonds. The van der Waals surface area contributed by atoms with Crippen LogP contribution >= 0.6 is 0 Å². The Bertz CT molecular complexity index is 1000. The average molecular weight is 374 g/mol. The van der Waals surface area contributed by atoms with Crippen LogP contribution < -0.4 is 10.6 Å². The Kier molecular flexibility index (Phi) is 5.81. The summed E-state index contributed by atoms with van der Waals surface area (Å²) in [4.78, 5) is 36.5. The van der Waals surface area contributed by atoms with Crippen molar-refractivity contribution in [2.24, 2.45) is 0 Å². The number of nitrogens with one attached hydrogen (secondary N) is 2. The van der Waals surface area contributed by atoms with Gasteiger partial charge in [-0.3, -0.25) is 14.4 Å². The molecule has 0 unspecified atom stereocenters. The van der Waals surface area contributed by atoms with E-state index >= 15 is 0 Å². The van der Waals surface area contributed by atoms with Crippen LogP contribution in [0.5, 0.6) is 0 Å². The summed E-state index contributed by atoms with van der Waals surface area (Å²) in [5.74, 6) is -0.575. The molecular formula is C22H18N2O4. The van der Waals surface area contributed by atoms with Gasteiger partial charge >= 0.3 is 0 Å². The molecule has 0 bridgehead atoms. The van der Waals surface area contributed by atoms with Crippen molar-refractivity contribution in [1.29, 1.82) is 0 Å². The topological polar surface area (TPSA) is 88.4 Å². The second-order valence-corrected chi connectivity index (χ2v) is 5.98. The Labute approximate surface area is 161 Å². The summed E-state index contributed by atoms with van der Waals surface area (Å²) in [6, 6.07) is 18.4. The lowest BCUT2D eigenvalue weighted by molar-refractivity contribution is -0.113. The predicted octanol–water partition coefficient (Wildman–Crippen LogP) is 3.89. The van der Waals surface area contributed by atoms with Crippen molar-refractivity contribution in [2.45, 2.75) is 6.92 Å². The number of hydrogen-bond acceptors (Lipinski definition) is 4. The minimum absolute atomic E-state index is 0.0273. The van der Waals surface area contributed by atoms with Crippen LogP contribution in [0.25, 0.3) is 6.08 Å². The summed E-state index contributed by atoms with van der Waals surface area (Å²) in [6.07, 6.45) is 2.92. The van der Waals surface area contributed by atoms with Gasteiger partial charge in [0, 0.05) is 22.9 Å². The maximum absolute atomic E-state index is 12.7. The average Bonchev–Trinajstić information content (AvgIpc) is 3.21. The summed E-state index contributed by atoms with van der Waals surface area (Å²) >= 11 is 0. The molecule has 0 aliphatic heterocycles. The van der Waals surface area contributed by atoms with Crippen LogP contribution in [0.1, 0.15) is 33.4 Å². The van der Waals surface area contributed by atoms with Crippen LogP contribution in [0.2, 0.25) is 0 Å². The molecule has 1 heterocycles. The smallest absolute Gasteiger partial charge is 0.272 e. The molecule has 3 rings (SSSR count). The Balaban J connectivity index is 1.81. The molecule has 0 saturated heterocycles. The third-order valence-corrected chi connectivity index (χ3v) is 3.91. The highest BCUT2D eigenvalue weighted by Crippen LogP contribution is 2.13. The summed E-state index contributed by atoms with van der Waals surface area (Å²) in [5, 5.41) is 5.32. The zero-order valence-electron chi connectivity index (χ0n) is 15.1. The molecule has 0 aliphatic carbocycles. The molecule has 1 aromatic heterocycles. The van der Waals surface area contributed by atoms with Crippen LogP contribution in [-0.4, -0.2) is 17.6 Å². The van der Waals surface area contributed by atoms with Gasteiger partial charge in [0.1, 0.15) is 11.5 Å². The van der Waals surface area contributed by atoms with E-state index in [1.54, 1.807) is 66.7 Å². The predicted molar refractivity (Wildman–Crippen MR) is 106 cm³/mol. The number of benzene rings is 2. The van der Waals surface area contributed by atoms with Gasteiger partial charge in [0.15, 0.2) is 5.78 Å². The number of anilines is 1. The SMILES string of the molecule is CC(=O)c1ccc(NC(=O)C(=Cc2ccco2)NC(=O)c2ccccc2)cc1. The van der Waals surface area contributed by atoms with Gasteiger partial charge in [-0.2, -0.15) is 0 Å². The molecule has 3 aromatic rings. The standard InChI is InChI=1S/C22H18N2O4/c1-15(25)16-9-11-18(12-10-16)23-22(27)20(14-19-8-5-13-28-19)24-21(26)17-6-3-2-4-7-17/h2-14H,1H3,(H,23,27)(H,24,26).